The molecule has 0 atom stereocenters. The van der Waals surface area contributed by atoms with Gasteiger partial charge >= 0.3 is 6.09 Å². The fourth-order valence-corrected chi connectivity index (χ4v) is 2.69. The van der Waals surface area contributed by atoms with Crippen LogP contribution in [0, 0.1) is 0 Å². The number of piperazine rings is 1. The second kappa shape index (κ2) is 5.12. The predicted octanol–water partition coefficient (Wildman–Crippen LogP) is 2.50. The normalized spacial score (nSPS) is 15.9. The Kier molecular flexibility index (Phi) is 3.73. The summed E-state index contributed by atoms with van der Waals surface area (Å²) in [6.07, 6.45) is -0.919. The molecule has 98 valence electrons. The Balaban J connectivity index is 2.17. The number of anilines is 1. The number of amides is 1. The number of hydrogen-bond donors (Lipinski definition) is 2. The van der Waals surface area contributed by atoms with Crippen molar-refractivity contribution in [2.75, 3.05) is 31.1 Å². The van der Waals surface area contributed by atoms with Gasteiger partial charge in [-0.2, -0.15) is 0 Å². The number of halogens is 2. The third-order valence-electron chi connectivity index (χ3n) is 2.87. The molecule has 7 heteroatoms. The van der Waals surface area contributed by atoms with E-state index in [2.05, 4.69) is 0 Å². The molecule has 0 unspecified atom stereocenters. The zero-order valence-corrected chi connectivity index (χ0v) is 10.9. The van der Waals surface area contributed by atoms with Gasteiger partial charge in [0.05, 0.1) is 15.7 Å². The zero-order valence-electron chi connectivity index (χ0n) is 9.44. The van der Waals surface area contributed by atoms with E-state index in [4.69, 9.17) is 28.3 Å². The van der Waals surface area contributed by atoms with E-state index in [0.29, 0.717) is 41.9 Å². The molecule has 1 aliphatic rings. The van der Waals surface area contributed by atoms with Gasteiger partial charge in [0.25, 0.3) is 0 Å². The standard InChI is InChI=1S/C11H12Cl2N2O3/c12-8-5-7(16)6-9(13)10(8)14-1-3-15(4-2-14)11(17)18/h5-6,16H,1-4H2,(H,17,18). The number of phenolic OH excluding ortho intramolecular Hbond substituents is 1. The lowest BCUT2D eigenvalue weighted by Gasteiger charge is -2.35. The summed E-state index contributed by atoms with van der Waals surface area (Å²) in [5.74, 6) is 0.0120. The highest BCUT2D eigenvalue weighted by Crippen LogP contribution is 2.37. The summed E-state index contributed by atoms with van der Waals surface area (Å²) in [5.41, 5.74) is 0.640. The number of carbonyl (C=O) groups is 1. The quantitative estimate of drug-likeness (QED) is 0.834. The Morgan fingerprint density at radius 2 is 1.61 bits per heavy atom. The van der Waals surface area contributed by atoms with Crippen molar-refractivity contribution in [1.29, 1.82) is 0 Å². The first kappa shape index (κ1) is 13.1. The molecule has 1 amide bonds. The Morgan fingerprint density at radius 3 is 2.06 bits per heavy atom. The van der Waals surface area contributed by atoms with Crippen LogP contribution in [0.2, 0.25) is 10.0 Å². The van der Waals surface area contributed by atoms with Crippen molar-refractivity contribution in [1.82, 2.24) is 4.90 Å². The van der Waals surface area contributed by atoms with Gasteiger partial charge in [0, 0.05) is 38.3 Å². The highest BCUT2D eigenvalue weighted by atomic mass is 35.5. The van der Waals surface area contributed by atoms with Crippen LogP contribution in [0.15, 0.2) is 12.1 Å². The van der Waals surface area contributed by atoms with Crippen LogP contribution in [0.5, 0.6) is 5.75 Å². The van der Waals surface area contributed by atoms with E-state index < -0.39 is 6.09 Å². The molecule has 0 bridgehead atoms. The van der Waals surface area contributed by atoms with Gasteiger partial charge in [-0.1, -0.05) is 23.2 Å². The van der Waals surface area contributed by atoms with Crippen molar-refractivity contribution in [2.24, 2.45) is 0 Å². The van der Waals surface area contributed by atoms with E-state index in [0.717, 1.165) is 0 Å². The molecular weight excluding hydrogens is 279 g/mol. The van der Waals surface area contributed by atoms with Gasteiger partial charge in [-0.3, -0.25) is 0 Å². The number of rotatable bonds is 1. The largest absolute Gasteiger partial charge is 0.508 e. The number of benzene rings is 1. The number of nitrogens with zero attached hydrogens (tertiary/aromatic N) is 2. The van der Waals surface area contributed by atoms with E-state index in [1.165, 1.54) is 17.0 Å². The van der Waals surface area contributed by atoms with Crippen LogP contribution in [0.1, 0.15) is 0 Å². The van der Waals surface area contributed by atoms with Crippen molar-refractivity contribution >= 4 is 35.0 Å². The lowest BCUT2D eigenvalue weighted by Crippen LogP contribution is -2.48. The molecule has 1 heterocycles. The highest BCUT2D eigenvalue weighted by molar-refractivity contribution is 6.39. The lowest BCUT2D eigenvalue weighted by atomic mass is 10.2. The molecule has 5 nitrogen and oxygen atoms in total. The third-order valence-corrected chi connectivity index (χ3v) is 3.44. The fourth-order valence-electron chi connectivity index (χ4n) is 1.98. The second-order valence-corrected chi connectivity index (χ2v) is 4.83. The van der Waals surface area contributed by atoms with Gasteiger partial charge in [-0.25, -0.2) is 4.79 Å². The molecule has 0 aliphatic carbocycles. The van der Waals surface area contributed by atoms with Gasteiger partial charge in [-0.05, 0) is 0 Å². The van der Waals surface area contributed by atoms with Crippen LogP contribution in [0.3, 0.4) is 0 Å². The third kappa shape index (κ3) is 2.57. The first-order chi connectivity index (χ1) is 8.49. The molecule has 1 saturated heterocycles. The minimum absolute atomic E-state index is 0.0120. The van der Waals surface area contributed by atoms with E-state index >= 15 is 0 Å². The summed E-state index contributed by atoms with van der Waals surface area (Å²) in [5, 5.41) is 19.0. The van der Waals surface area contributed by atoms with Crippen molar-refractivity contribution in [3.8, 4) is 5.75 Å². The number of phenols is 1. The Bertz CT molecular complexity index is 450. The lowest BCUT2D eigenvalue weighted by molar-refractivity contribution is 0.142. The molecule has 2 N–H and O–H groups in total. The van der Waals surface area contributed by atoms with Gasteiger partial charge in [0.15, 0.2) is 0 Å². The average Bonchev–Trinajstić information content (AvgIpc) is 2.28. The molecule has 0 saturated carbocycles. The van der Waals surface area contributed by atoms with Crippen LogP contribution < -0.4 is 4.90 Å². The molecule has 0 radical (unpaired) electrons. The SMILES string of the molecule is O=C(O)N1CCN(c2c(Cl)cc(O)cc2Cl)CC1. The molecule has 1 aromatic rings. The van der Waals surface area contributed by atoms with Crippen LogP contribution in [-0.2, 0) is 0 Å². The minimum atomic E-state index is -0.919. The first-order valence-electron chi connectivity index (χ1n) is 5.40. The number of aromatic hydroxyl groups is 1. The molecular formula is C11H12Cl2N2O3. The predicted molar refractivity (Wildman–Crippen MR) is 69.9 cm³/mol. The van der Waals surface area contributed by atoms with Gasteiger partial charge in [0.1, 0.15) is 5.75 Å². The Labute approximate surface area is 114 Å². The summed E-state index contributed by atoms with van der Waals surface area (Å²) >= 11 is 12.1. The van der Waals surface area contributed by atoms with Crippen molar-refractivity contribution in [2.45, 2.75) is 0 Å². The molecule has 2 rings (SSSR count). The van der Waals surface area contributed by atoms with Crippen molar-refractivity contribution < 1.29 is 15.0 Å². The molecule has 18 heavy (non-hydrogen) atoms. The molecule has 1 aliphatic heterocycles. The minimum Gasteiger partial charge on any atom is -0.508 e. The monoisotopic (exact) mass is 290 g/mol. The van der Waals surface area contributed by atoms with Crippen LogP contribution in [-0.4, -0.2) is 47.4 Å². The summed E-state index contributed by atoms with van der Waals surface area (Å²) in [6.45, 7) is 1.86. The highest BCUT2D eigenvalue weighted by Gasteiger charge is 2.23. The summed E-state index contributed by atoms with van der Waals surface area (Å²) in [6, 6.07) is 2.85. The molecule has 1 aromatic carbocycles. The maximum absolute atomic E-state index is 10.8. The molecule has 1 fully saturated rings. The van der Waals surface area contributed by atoms with E-state index in [1.54, 1.807) is 0 Å². The topological polar surface area (TPSA) is 64.0 Å². The Hall–Kier alpha value is -1.33. The number of carboxylic acid groups (broad SMARTS) is 1. The molecule has 0 aromatic heterocycles. The van der Waals surface area contributed by atoms with Crippen molar-refractivity contribution in [3.63, 3.8) is 0 Å². The van der Waals surface area contributed by atoms with E-state index in [-0.39, 0.29) is 5.75 Å². The zero-order chi connectivity index (χ0) is 13.3. The first-order valence-corrected chi connectivity index (χ1v) is 6.15. The van der Waals surface area contributed by atoms with Crippen LogP contribution in [0.25, 0.3) is 0 Å². The van der Waals surface area contributed by atoms with Crippen LogP contribution >= 0.6 is 23.2 Å². The maximum atomic E-state index is 10.8. The Morgan fingerprint density at radius 1 is 1.11 bits per heavy atom. The summed E-state index contributed by atoms with van der Waals surface area (Å²) in [7, 11) is 0. The average molecular weight is 291 g/mol. The van der Waals surface area contributed by atoms with Crippen molar-refractivity contribution in [3.05, 3.63) is 22.2 Å². The number of hydrogen-bond acceptors (Lipinski definition) is 3. The summed E-state index contributed by atoms with van der Waals surface area (Å²) in [4.78, 5) is 14.1. The molecule has 0 spiro atoms. The summed E-state index contributed by atoms with van der Waals surface area (Å²) < 4.78 is 0. The van der Waals surface area contributed by atoms with E-state index in [9.17, 15) is 9.90 Å². The van der Waals surface area contributed by atoms with Crippen LogP contribution in [0.4, 0.5) is 10.5 Å². The van der Waals surface area contributed by atoms with Gasteiger partial charge < -0.3 is 20.0 Å². The smallest absolute Gasteiger partial charge is 0.407 e. The van der Waals surface area contributed by atoms with Gasteiger partial charge in [0.2, 0.25) is 0 Å². The van der Waals surface area contributed by atoms with E-state index in [1.807, 2.05) is 4.90 Å². The van der Waals surface area contributed by atoms with Gasteiger partial charge in [-0.15, -0.1) is 0 Å². The maximum Gasteiger partial charge on any atom is 0.407 e. The second-order valence-electron chi connectivity index (χ2n) is 4.01. The fraction of sp³-hybridized carbons (Fsp3) is 0.364.